The maximum atomic E-state index is 5.11. The van der Waals surface area contributed by atoms with E-state index in [1.807, 2.05) is 12.3 Å². The van der Waals surface area contributed by atoms with Gasteiger partial charge >= 0.3 is 0 Å². The van der Waals surface area contributed by atoms with Crippen molar-refractivity contribution in [2.45, 2.75) is 38.6 Å². The van der Waals surface area contributed by atoms with E-state index in [-0.39, 0.29) is 0 Å². The summed E-state index contributed by atoms with van der Waals surface area (Å²) in [7, 11) is 1.75. The van der Waals surface area contributed by atoms with Crippen LogP contribution in [0.4, 0.5) is 0 Å². The monoisotopic (exact) mass is 314 g/mol. The van der Waals surface area contributed by atoms with Gasteiger partial charge in [-0.05, 0) is 53.9 Å². The number of ether oxygens (including phenoxy) is 1. The summed E-state index contributed by atoms with van der Waals surface area (Å²) in [5, 5.41) is 3.58. The van der Waals surface area contributed by atoms with Crippen LogP contribution in [0.15, 0.2) is 22.8 Å². The number of hydrogen-bond acceptors (Lipinski definition) is 3. The predicted molar refractivity (Wildman–Crippen MR) is 78.8 cm³/mol. The van der Waals surface area contributed by atoms with Crippen molar-refractivity contribution in [2.75, 3.05) is 20.3 Å². The predicted octanol–water partition coefficient (Wildman–Crippen LogP) is 3.18. The number of nitrogens with zero attached hydrogens (tertiary/aromatic N) is 1. The second-order valence-electron chi connectivity index (χ2n) is 4.46. The van der Waals surface area contributed by atoms with Crippen molar-refractivity contribution in [3.05, 3.63) is 28.5 Å². The molecule has 1 heterocycles. The molecular formula is C14H23BrN2O. The van der Waals surface area contributed by atoms with E-state index in [1.54, 1.807) is 7.11 Å². The van der Waals surface area contributed by atoms with Crippen molar-refractivity contribution >= 4 is 15.9 Å². The standard InChI is InChI=1S/C14H23BrN2O/c1-3-8-16-13(5-4-9-18-2)10-14-7-6-12(15)11-17-14/h6-7,11,13,16H,3-5,8-10H2,1-2H3. The Labute approximate surface area is 118 Å². The summed E-state index contributed by atoms with van der Waals surface area (Å²) in [6.07, 6.45) is 6.23. The van der Waals surface area contributed by atoms with Crippen LogP contribution in [-0.4, -0.2) is 31.3 Å². The van der Waals surface area contributed by atoms with Crippen LogP contribution >= 0.6 is 15.9 Å². The van der Waals surface area contributed by atoms with E-state index in [2.05, 4.69) is 39.2 Å². The van der Waals surface area contributed by atoms with Crippen LogP contribution in [0.1, 0.15) is 31.9 Å². The highest BCUT2D eigenvalue weighted by atomic mass is 79.9. The van der Waals surface area contributed by atoms with Gasteiger partial charge in [-0.25, -0.2) is 0 Å². The Bertz CT molecular complexity index is 316. The molecule has 3 nitrogen and oxygen atoms in total. The molecule has 0 bridgehead atoms. The van der Waals surface area contributed by atoms with Gasteiger partial charge in [-0.15, -0.1) is 0 Å². The number of aromatic nitrogens is 1. The number of rotatable bonds is 9. The van der Waals surface area contributed by atoms with E-state index in [4.69, 9.17) is 4.74 Å². The summed E-state index contributed by atoms with van der Waals surface area (Å²) in [6, 6.07) is 4.63. The highest BCUT2D eigenvalue weighted by Gasteiger charge is 2.09. The Morgan fingerprint density at radius 2 is 2.28 bits per heavy atom. The first kappa shape index (κ1) is 15.6. The van der Waals surface area contributed by atoms with Gasteiger partial charge in [0.2, 0.25) is 0 Å². The average molecular weight is 315 g/mol. The number of halogens is 1. The number of pyridine rings is 1. The highest BCUT2D eigenvalue weighted by molar-refractivity contribution is 9.10. The molecule has 0 saturated carbocycles. The molecule has 1 aromatic heterocycles. The van der Waals surface area contributed by atoms with Gasteiger partial charge < -0.3 is 10.1 Å². The third kappa shape index (κ3) is 6.47. The van der Waals surface area contributed by atoms with Crippen molar-refractivity contribution in [2.24, 2.45) is 0 Å². The minimum Gasteiger partial charge on any atom is -0.385 e. The van der Waals surface area contributed by atoms with E-state index < -0.39 is 0 Å². The van der Waals surface area contributed by atoms with Crippen molar-refractivity contribution in [1.29, 1.82) is 0 Å². The molecule has 0 aromatic carbocycles. The zero-order valence-corrected chi connectivity index (χ0v) is 12.9. The van der Waals surface area contributed by atoms with Crippen LogP contribution in [0, 0.1) is 0 Å². The van der Waals surface area contributed by atoms with E-state index in [9.17, 15) is 0 Å². The molecule has 18 heavy (non-hydrogen) atoms. The minimum atomic E-state index is 0.494. The summed E-state index contributed by atoms with van der Waals surface area (Å²) in [5.74, 6) is 0. The van der Waals surface area contributed by atoms with Crippen molar-refractivity contribution in [1.82, 2.24) is 10.3 Å². The Balaban J connectivity index is 2.45. The Morgan fingerprint density at radius 3 is 2.89 bits per heavy atom. The van der Waals surface area contributed by atoms with Crippen LogP contribution in [0.2, 0.25) is 0 Å². The van der Waals surface area contributed by atoms with Gasteiger partial charge in [0.15, 0.2) is 0 Å². The Kier molecular flexibility index (Phi) is 8.22. The van der Waals surface area contributed by atoms with E-state index in [0.29, 0.717) is 6.04 Å². The molecule has 0 fully saturated rings. The number of methoxy groups -OCH3 is 1. The topological polar surface area (TPSA) is 34.1 Å². The molecule has 0 saturated heterocycles. The van der Waals surface area contributed by atoms with Gasteiger partial charge in [-0.3, -0.25) is 4.98 Å². The van der Waals surface area contributed by atoms with Gasteiger partial charge in [-0.2, -0.15) is 0 Å². The maximum Gasteiger partial charge on any atom is 0.0462 e. The van der Waals surface area contributed by atoms with Crippen LogP contribution in [0.25, 0.3) is 0 Å². The zero-order chi connectivity index (χ0) is 13.2. The van der Waals surface area contributed by atoms with Gasteiger partial charge in [0.1, 0.15) is 0 Å². The molecule has 0 aliphatic carbocycles. The molecule has 0 radical (unpaired) electrons. The normalized spacial score (nSPS) is 12.6. The fraction of sp³-hybridized carbons (Fsp3) is 0.643. The third-order valence-electron chi connectivity index (χ3n) is 2.83. The maximum absolute atomic E-state index is 5.11. The molecule has 1 N–H and O–H groups in total. The van der Waals surface area contributed by atoms with Crippen molar-refractivity contribution in [3.8, 4) is 0 Å². The van der Waals surface area contributed by atoms with E-state index >= 15 is 0 Å². The summed E-state index contributed by atoms with van der Waals surface area (Å²) in [4.78, 5) is 4.44. The molecule has 0 spiro atoms. The van der Waals surface area contributed by atoms with Crippen LogP contribution in [-0.2, 0) is 11.2 Å². The second kappa shape index (κ2) is 9.48. The van der Waals surface area contributed by atoms with E-state index in [1.165, 1.54) is 0 Å². The lowest BCUT2D eigenvalue weighted by Gasteiger charge is -2.18. The van der Waals surface area contributed by atoms with Crippen molar-refractivity contribution < 1.29 is 4.74 Å². The quantitative estimate of drug-likeness (QED) is 0.711. The number of nitrogens with one attached hydrogen (secondary N) is 1. The van der Waals surface area contributed by atoms with Gasteiger partial charge in [0.25, 0.3) is 0 Å². The first-order valence-electron chi connectivity index (χ1n) is 6.59. The summed E-state index contributed by atoms with van der Waals surface area (Å²) >= 11 is 3.41. The lowest BCUT2D eigenvalue weighted by Crippen LogP contribution is -2.32. The molecule has 1 atom stereocenters. The third-order valence-corrected chi connectivity index (χ3v) is 3.30. The zero-order valence-electron chi connectivity index (χ0n) is 11.3. The van der Waals surface area contributed by atoms with Gasteiger partial charge in [0, 0.05) is 42.5 Å². The largest absolute Gasteiger partial charge is 0.385 e. The SMILES string of the molecule is CCCNC(CCCOC)Cc1ccc(Br)cn1. The fourth-order valence-corrected chi connectivity index (χ4v) is 2.11. The summed E-state index contributed by atoms with van der Waals surface area (Å²) < 4.78 is 6.14. The van der Waals surface area contributed by atoms with Gasteiger partial charge in [-0.1, -0.05) is 6.92 Å². The molecular weight excluding hydrogens is 292 g/mol. The van der Waals surface area contributed by atoms with Crippen LogP contribution in [0.5, 0.6) is 0 Å². The number of hydrogen-bond donors (Lipinski definition) is 1. The van der Waals surface area contributed by atoms with Crippen LogP contribution in [0.3, 0.4) is 0 Å². The molecule has 1 rings (SSSR count). The summed E-state index contributed by atoms with van der Waals surface area (Å²) in [5.41, 5.74) is 1.14. The van der Waals surface area contributed by atoms with Crippen molar-refractivity contribution in [3.63, 3.8) is 0 Å². The molecule has 1 unspecified atom stereocenters. The lowest BCUT2D eigenvalue weighted by atomic mass is 10.1. The first-order chi connectivity index (χ1) is 8.76. The Morgan fingerprint density at radius 1 is 1.44 bits per heavy atom. The molecule has 1 aromatic rings. The molecule has 0 amide bonds. The average Bonchev–Trinajstić information content (AvgIpc) is 2.38. The molecule has 0 aliphatic heterocycles. The highest BCUT2D eigenvalue weighted by Crippen LogP contribution is 2.10. The molecule has 102 valence electrons. The molecule has 0 aliphatic rings. The minimum absolute atomic E-state index is 0.494. The Hall–Kier alpha value is -0.450. The van der Waals surface area contributed by atoms with Crippen LogP contribution < -0.4 is 5.32 Å². The first-order valence-corrected chi connectivity index (χ1v) is 7.38. The van der Waals surface area contributed by atoms with E-state index in [0.717, 1.165) is 49.0 Å². The second-order valence-corrected chi connectivity index (χ2v) is 5.37. The smallest absolute Gasteiger partial charge is 0.0462 e. The van der Waals surface area contributed by atoms with Gasteiger partial charge in [0.05, 0.1) is 0 Å². The molecule has 4 heteroatoms. The fourth-order valence-electron chi connectivity index (χ4n) is 1.88. The lowest BCUT2D eigenvalue weighted by molar-refractivity contribution is 0.188. The summed E-state index contributed by atoms with van der Waals surface area (Å²) in [6.45, 7) is 4.09.